The zero-order valence-electron chi connectivity index (χ0n) is 10.9. The highest BCUT2D eigenvalue weighted by molar-refractivity contribution is 6.06. The van der Waals surface area contributed by atoms with Crippen molar-refractivity contribution in [2.24, 2.45) is 0 Å². The van der Waals surface area contributed by atoms with Crippen molar-refractivity contribution in [1.29, 1.82) is 0 Å². The molecule has 0 aliphatic carbocycles. The van der Waals surface area contributed by atoms with Crippen LogP contribution in [0.4, 0.5) is 16.2 Å². The first-order chi connectivity index (χ1) is 9.25. The fraction of sp³-hybridized carbons (Fsp3) is 0.188. The molecule has 1 saturated heterocycles. The van der Waals surface area contributed by atoms with Gasteiger partial charge in [0.1, 0.15) is 0 Å². The van der Waals surface area contributed by atoms with Crippen molar-refractivity contribution < 1.29 is 4.79 Å². The van der Waals surface area contributed by atoms with Gasteiger partial charge in [0.25, 0.3) is 0 Å². The summed E-state index contributed by atoms with van der Waals surface area (Å²) in [7, 11) is 0. The summed E-state index contributed by atoms with van der Waals surface area (Å²) in [6.45, 7) is 3.51. The lowest BCUT2D eigenvalue weighted by molar-refractivity contribution is 0.256. The van der Waals surface area contributed by atoms with Gasteiger partial charge in [-0.05, 0) is 36.8 Å². The van der Waals surface area contributed by atoms with Crippen LogP contribution in [0.15, 0.2) is 54.6 Å². The lowest BCUT2D eigenvalue weighted by Crippen LogP contribution is -2.31. The van der Waals surface area contributed by atoms with Gasteiger partial charge in [-0.3, -0.25) is 9.80 Å². The minimum atomic E-state index is 0.0526. The Hall–Kier alpha value is -2.29. The summed E-state index contributed by atoms with van der Waals surface area (Å²) in [6.07, 6.45) is 0. The number of anilines is 2. The molecule has 19 heavy (non-hydrogen) atoms. The molecular formula is C16H16N2O. The minimum Gasteiger partial charge on any atom is -0.292 e. The maximum Gasteiger partial charge on any atom is 0.329 e. The van der Waals surface area contributed by atoms with Crippen molar-refractivity contribution in [3.05, 3.63) is 60.2 Å². The van der Waals surface area contributed by atoms with E-state index in [9.17, 15) is 4.79 Å². The predicted molar refractivity (Wildman–Crippen MR) is 77.7 cm³/mol. The van der Waals surface area contributed by atoms with Crippen LogP contribution < -0.4 is 9.80 Å². The number of carbonyl (C=O) groups is 1. The molecule has 0 unspecified atom stereocenters. The summed E-state index contributed by atoms with van der Waals surface area (Å²) >= 11 is 0. The minimum absolute atomic E-state index is 0.0526. The van der Waals surface area contributed by atoms with E-state index in [1.807, 2.05) is 71.3 Å². The van der Waals surface area contributed by atoms with E-state index in [0.717, 1.165) is 24.5 Å². The topological polar surface area (TPSA) is 23.6 Å². The molecule has 0 atom stereocenters. The average Bonchev–Trinajstić information content (AvgIpc) is 2.81. The summed E-state index contributed by atoms with van der Waals surface area (Å²) in [5.74, 6) is 0. The third-order valence-electron chi connectivity index (χ3n) is 3.39. The van der Waals surface area contributed by atoms with Crippen LogP contribution in [0.2, 0.25) is 0 Å². The van der Waals surface area contributed by atoms with Crippen LogP contribution in [0, 0.1) is 6.92 Å². The van der Waals surface area contributed by atoms with Gasteiger partial charge >= 0.3 is 6.03 Å². The Morgan fingerprint density at radius 2 is 1.47 bits per heavy atom. The van der Waals surface area contributed by atoms with Gasteiger partial charge in [-0.15, -0.1) is 0 Å². The summed E-state index contributed by atoms with van der Waals surface area (Å²) in [5.41, 5.74) is 3.11. The van der Waals surface area contributed by atoms with E-state index in [-0.39, 0.29) is 6.03 Å². The molecule has 0 aromatic heterocycles. The van der Waals surface area contributed by atoms with Crippen molar-refractivity contribution in [3.63, 3.8) is 0 Å². The lowest BCUT2D eigenvalue weighted by Gasteiger charge is -2.19. The molecule has 2 aromatic rings. The van der Waals surface area contributed by atoms with Crippen molar-refractivity contribution >= 4 is 17.4 Å². The maximum atomic E-state index is 12.5. The Labute approximate surface area is 113 Å². The maximum absolute atomic E-state index is 12.5. The van der Waals surface area contributed by atoms with Crippen molar-refractivity contribution in [1.82, 2.24) is 0 Å². The van der Waals surface area contributed by atoms with Crippen LogP contribution in [0.5, 0.6) is 0 Å². The number of para-hydroxylation sites is 1. The Kier molecular flexibility index (Phi) is 2.95. The third-order valence-corrected chi connectivity index (χ3v) is 3.39. The van der Waals surface area contributed by atoms with E-state index >= 15 is 0 Å². The lowest BCUT2D eigenvalue weighted by atomic mass is 10.2. The molecule has 3 rings (SSSR count). The first kappa shape index (κ1) is 11.8. The van der Waals surface area contributed by atoms with E-state index in [2.05, 4.69) is 0 Å². The number of aryl methyl sites for hydroxylation is 1. The van der Waals surface area contributed by atoms with Crippen molar-refractivity contribution in [2.75, 3.05) is 22.9 Å². The molecule has 0 bridgehead atoms. The van der Waals surface area contributed by atoms with Crippen LogP contribution in [0.25, 0.3) is 0 Å². The first-order valence-electron chi connectivity index (χ1n) is 6.46. The van der Waals surface area contributed by atoms with Gasteiger partial charge in [-0.1, -0.05) is 30.3 Å². The number of nitrogens with zero attached hydrogens (tertiary/aromatic N) is 2. The van der Waals surface area contributed by atoms with Crippen LogP contribution in [-0.4, -0.2) is 19.1 Å². The Bertz CT molecular complexity index is 595. The van der Waals surface area contributed by atoms with E-state index in [1.165, 1.54) is 5.56 Å². The van der Waals surface area contributed by atoms with Gasteiger partial charge in [-0.2, -0.15) is 0 Å². The molecule has 1 heterocycles. The van der Waals surface area contributed by atoms with Gasteiger partial charge in [0.2, 0.25) is 0 Å². The van der Waals surface area contributed by atoms with Crippen molar-refractivity contribution in [3.8, 4) is 0 Å². The zero-order chi connectivity index (χ0) is 13.2. The number of hydrogen-bond donors (Lipinski definition) is 0. The quantitative estimate of drug-likeness (QED) is 0.803. The van der Waals surface area contributed by atoms with Crippen LogP contribution in [-0.2, 0) is 0 Å². The molecule has 0 spiro atoms. The highest BCUT2D eigenvalue weighted by Gasteiger charge is 2.30. The molecule has 1 fully saturated rings. The normalized spacial score (nSPS) is 15.1. The van der Waals surface area contributed by atoms with E-state index in [4.69, 9.17) is 0 Å². The molecule has 1 aliphatic rings. The number of rotatable bonds is 2. The zero-order valence-corrected chi connectivity index (χ0v) is 10.9. The van der Waals surface area contributed by atoms with Crippen LogP contribution in [0.1, 0.15) is 5.56 Å². The van der Waals surface area contributed by atoms with Gasteiger partial charge in [0.05, 0.1) is 0 Å². The average molecular weight is 252 g/mol. The Morgan fingerprint density at radius 3 is 2.16 bits per heavy atom. The molecule has 1 aliphatic heterocycles. The summed E-state index contributed by atoms with van der Waals surface area (Å²) < 4.78 is 0. The fourth-order valence-corrected chi connectivity index (χ4v) is 2.42. The smallest absolute Gasteiger partial charge is 0.292 e. The van der Waals surface area contributed by atoms with E-state index in [1.54, 1.807) is 0 Å². The van der Waals surface area contributed by atoms with Gasteiger partial charge < -0.3 is 0 Å². The van der Waals surface area contributed by atoms with Gasteiger partial charge in [0, 0.05) is 24.5 Å². The number of benzene rings is 2. The summed E-state index contributed by atoms with van der Waals surface area (Å²) in [4.78, 5) is 16.1. The third kappa shape index (κ3) is 2.19. The SMILES string of the molecule is Cc1cccc(N2CCN(c3ccccc3)C2=O)c1. The highest BCUT2D eigenvalue weighted by Crippen LogP contribution is 2.25. The molecule has 2 amide bonds. The van der Waals surface area contributed by atoms with E-state index < -0.39 is 0 Å². The molecule has 2 aromatic carbocycles. The standard InChI is InChI=1S/C16H16N2O/c1-13-6-5-9-15(12-13)18-11-10-17(16(18)19)14-7-3-2-4-8-14/h2-9,12H,10-11H2,1H3. The second-order valence-corrected chi connectivity index (χ2v) is 4.76. The van der Waals surface area contributed by atoms with Gasteiger partial charge in [0.15, 0.2) is 0 Å². The fourth-order valence-electron chi connectivity index (χ4n) is 2.42. The summed E-state index contributed by atoms with van der Waals surface area (Å²) in [5, 5.41) is 0. The summed E-state index contributed by atoms with van der Waals surface area (Å²) in [6, 6.07) is 17.9. The monoisotopic (exact) mass is 252 g/mol. The Balaban J connectivity index is 1.87. The molecule has 3 heteroatoms. The molecule has 0 radical (unpaired) electrons. The van der Waals surface area contributed by atoms with Gasteiger partial charge in [-0.25, -0.2) is 4.79 Å². The van der Waals surface area contributed by atoms with E-state index in [0.29, 0.717) is 0 Å². The van der Waals surface area contributed by atoms with Crippen LogP contribution in [0.3, 0.4) is 0 Å². The number of hydrogen-bond acceptors (Lipinski definition) is 1. The number of carbonyl (C=O) groups excluding carboxylic acids is 1. The van der Waals surface area contributed by atoms with Crippen molar-refractivity contribution in [2.45, 2.75) is 6.92 Å². The number of amides is 2. The van der Waals surface area contributed by atoms with Crippen LogP contribution >= 0.6 is 0 Å². The molecule has 96 valence electrons. The second kappa shape index (κ2) is 4.76. The largest absolute Gasteiger partial charge is 0.329 e. The highest BCUT2D eigenvalue weighted by atomic mass is 16.2. The second-order valence-electron chi connectivity index (χ2n) is 4.76. The predicted octanol–water partition coefficient (Wildman–Crippen LogP) is 3.44. The molecule has 0 N–H and O–H groups in total. The molecule has 0 saturated carbocycles. The molecule has 3 nitrogen and oxygen atoms in total. The first-order valence-corrected chi connectivity index (χ1v) is 6.46. The molecular weight excluding hydrogens is 236 g/mol. The Morgan fingerprint density at radius 1 is 0.842 bits per heavy atom. The number of urea groups is 1.